The minimum Gasteiger partial charge on any atom is -0.480 e. The maximum atomic E-state index is 13.8. The number of hydrogen-bond donors (Lipinski definition) is 1. The lowest BCUT2D eigenvalue weighted by Crippen LogP contribution is -2.48. The number of nitrogens with zero attached hydrogens (tertiary/aromatic N) is 4. The molecule has 26 heavy (non-hydrogen) atoms. The van der Waals surface area contributed by atoms with Crippen molar-refractivity contribution in [2.75, 3.05) is 26.2 Å². The fourth-order valence-corrected chi connectivity index (χ4v) is 2.93. The second-order valence-electron chi connectivity index (χ2n) is 6.38. The lowest BCUT2D eigenvalue weighted by atomic mass is 10.2. The maximum absolute atomic E-state index is 13.8. The molecule has 0 spiro atoms. The van der Waals surface area contributed by atoms with E-state index < -0.39 is 12.0 Å². The van der Waals surface area contributed by atoms with Gasteiger partial charge in [-0.05, 0) is 13.0 Å². The van der Waals surface area contributed by atoms with Crippen molar-refractivity contribution in [3.63, 3.8) is 0 Å². The van der Waals surface area contributed by atoms with Gasteiger partial charge >= 0.3 is 5.97 Å². The number of piperazine rings is 1. The summed E-state index contributed by atoms with van der Waals surface area (Å²) in [5.41, 5.74) is 1.02. The number of benzene rings is 1. The number of rotatable bonds is 5. The molecule has 3 rings (SSSR count). The van der Waals surface area contributed by atoms with Crippen molar-refractivity contribution in [3.05, 3.63) is 53.6 Å². The van der Waals surface area contributed by atoms with Crippen LogP contribution in [0, 0.1) is 5.82 Å². The average molecular weight is 360 g/mol. The van der Waals surface area contributed by atoms with Gasteiger partial charge in [0.05, 0.1) is 11.8 Å². The molecule has 2 heterocycles. The third-order valence-corrected chi connectivity index (χ3v) is 4.61. The summed E-state index contributed by atoms with van der Waals surface area (Å²) in [4.78, 5) is 27.4. The van der Waals surface area contributed by atoms with E-state index in [2.05, 4.69) is 10.00 Å². The fourth-order valence-electron chi connectivity index (χ4n) is 2.93. The van der Waals surface area contributed by atoms with Crippen molar-refractivity contribution >= 4 is 11.9 Å². The summed E-state index contributed by atoms with van der Waals surface area (Å²) in [6.07, 6.45) is 2.86. The third-order valence-electron chi connectivity index (χ3n) is 4.61. The van der Waals surface area contributed by atoms with Gasteiger partial charge in [0.2, 0.25) is 0 Å². The van der Waals surface area contributed by atoms with Crippen molar-refractivity contribution in [2.45, 2.75) is 19.5 Å². The van der Waals surface area contributed by atoms with Crippen LogP contribution in [0.4, 0.5) is 4.39 Å². The lowest BCUT2D eigenvalue weighted by Gasteiger charge is -2.34. The summed E-state index contributed by atoms with van der Waals surface area (Å²) in [7, 11) is 0. The fraction of sp³-hybridized carbons (Fsp3) is 0.389. The van der Waals surface area contributed by atoms with Crippen molar-refractivity contribution in [2.24, 2.45) is 0 Å². The highest BCUT2D eigenvalue weighted by atomic mass is 19.1. The number of carboxylic acids is 1. The monoisotopic (exact) mass is 360 g/mol. The summed E-state index contributed by atoms with van der Waals surface area (Å²) >= 11 is 0. The second-order valence-corrected chi connectivity index (χ2v) is 6.38. The van der Waals surface area contributed by atoms with E-state index in [1.54, 1.807) is 17.0 Å². The molecule has 8 heteroatoms. The molecule has 1 aliphatic rings. The van der Waals surface area contributed by atoms with Gasteiger partial charge < -0.3 is 10.0 Å². The zero-order valence-corrected chi connectivity index (χ0v) is 14.5. The summed E-state index contributed by atoms with van der Waals surface area (Å²) < 4.78 is 15.0. The van der Waals surface area contributed by atoms with Crippen molar-refractivity contribution in [1.29, 1.82) is 0 Å². The highest BCUT2D eigenvalue weighted by Gasteiger charge is 2.24. The Morgan fingerprint density at radius 3 is 2.58 bits per heavy atom. The molecule has 1 saturated heterocycles. The summed E-state index contributed by atoms with van der Waals surface area (Å²) in [5, 5.41) is 13.0. The predicted octanol–water partition coefficient (Wildman–Crippen LogP) is 1.63. The van der Waals surface area contributed by atoms with Gasteiger partial charge in [-0.15, -0.1) is 0 Å². The Hall–Kier alpha value is -2.74. The third kappa shape index (κ3) is 3.91. The highest BCUT2D eigenvalue weighted by molar-refractivity contribution is 5.93. The number of amides is 1. The van der Waals surface area contributed by atoms with E-state index in [9.17, 15) is 14.0 Å². The maximum Gasteiger partial charge on any atom is 0.328 e. The van der Waals surface area contributed by atoms with Crippen molar-refractivity contribution in [1.82, 2.24) is 19.6 Å². The Morgan fingerprint density at radius 1 is 1.23 bits per heavy atom. The van der Waals surface area contributed by atoms with Gasteiger partial charge in [-0.1, -0.05) is 18.2 Å². The van der Waals surface area contributed by atoms with E-state index in [0.29, 0.717) is 43.9 Å². The number of halogens is 1. The molecule has 0 saturated carbocycles. The molecule has 1 aromatic carbocycles. The highest BCUT2D eigenvalue weighted by Crippen LogP contribution is 2.14. The van der Waals surface area contributed by atoms with Crippen molar-refractivity contribution < 1.29 is 19.1 Å². The van der Waals surface area contributed by atoms with Gasteiger partial charge in [0.25, 0.3) is 5.91 Å². The van der Waals surface area contributed by atoms with Crippen LogP contribution in [0.25, 0.3) is 0 Å². The molecule has 1 fully saturated rings. The van der Waals surface area contributed by atoms with Crippen LogP contribution in [-0.4, -0.2) is 62.7 Å². The van der Waals surface area contributed by atoms with Gasteiger partial charge in [0.15, 0.2) is 0 Å². The van der Waals surface area contributed by atoms with Crippen LogP contribution in [0.15, 0.2) is 36.7 Å². The first-order valence-electron chi connectivity index (χ1n) is 8.47. The molecule has 1 unspecified atom stereocenters. The van der Waals surface area contributed by atoms with E-state index in [1.807, 2.05) is 6.07 Å². The summed E-state index contributed by atoms with van der Waals surface area (Å²) in [6, 6.07) is 5.87. The van der Waals surface area contributed by atoms with E-state index in [4.69, 9.17) is 5.11 Å². The number of carbonyl (C=O) groups excluding carboxylic acids is 1. The minimum absolute atomic E-state index is 0.167. The Labute approximate surface area is 150 Å². The minimum atomic E-state index is -1.01. The lowest BCUT2D eigenvalue weighted by molar-refractivity contribution is -0.140. The molecule has 2 aromatic rings. The molecule has 1 aliphatic heterocycles. The Kier molecular flexibility index (Phi) is 5.32. The van der Waals surface area contributed by atoms with Crippen LogP contribution in [0.2, 0.25) is 0 Å². The molecule has 1 atom stereocenters. The number of carbonyl (C=O) groups is 2. The van der Waals surface area contributed by atoms with Crippen LogP contribution >= 0.6 is 0 Å². The Morgan fingerprint density at radius 2 is 1.92 bits per heavy atom. The molecule has 0 bridgehead atoms. The van der Waals surface area contributed by atoms with Gasteiger partial charge in [0.1, 0.15) is 11.9 Å². The first-order valence-corrected chi connectivity index (χ1v) is 8.47. The molecule has 0 radical (unpaired) electrons. The zero-order chi connectivity index (χ0) is 18.7. The smallest absolute Gasteiger partial charge is 0.328 e. The van der Waals surface area contributed by atoms with E-state index in [-0.39, 0.29) is 11.7 Å². The van der Waals surface area contributed by atoms with E-state index in [1.165, 1.54) is 30.1 Å². The van der Waals surface area contributed by atoms with Gasteiger partial charge in [-0.2, -0.15) is 5.10 Å². The predicted molar refractivity (Wildman–Crippen MR) is 92.2 cm³/mol. The molecule has 1 amide bonds. The average Bonchev–Trinajstić information content (AvgIpc) is 3.13. The van der Waals surface area contributed by atoms with Crippen LogP contribution in [0.3, 0.4) is 0 Å². The van der Waals surface area contributed by atoms with Crippen LogP contribution in [0.5, 0.6) is 0 Å². The first-order chi connectivity index (χ1) is 12.5. The van der Waals surface area contributed by atoms with Gasteiger partial charge in [0, 0.05) is 44.5 Å². The molecular weight excluding hydrogens is 339 g/mol. The topological polar surface area (TPSA) is 78.7 Å². The molecule has 138 valence electrons. The van der Waals surface area contributed by atoms with Gasteiger partial charge in [-0.25, -0.2) is 9.18 Å². The summed E-state index contributed by atoms with van der Waals surface area (Å²) in [6.45, 7) is 4.40. The molecule has 0 aliphatic carbocycles. The van der Waals surface area contributed by atoms with Crippen LogP contribution in [-0.2, 0) is 11.3 Å². The van der Waals surface area contributed by atoms with E-state index >= 15 is 0 Å². The SMILES string of the molecule is CC(C(=O)O)n1cc(C(=O)N2CCN(Cc3ccccc3F)CC2)cn1. The number of carboxylic acid groups (broad SMARTS) is 1. The standard InChI is InChI=1S/C18H21FN4O3/c1-13(18(25)26)23-12-15(10-20-23)17(24)22-8-6-21(7-9-22)11-14-4-2-3-5-16(14)19/h2-5,10,12-13H,6-9,11H2,1H3,(H,25,26). The molecule has 1 N–H and O–H groups in total. The number of aromatic nitrogens is 2. The second kappa shape index (κ2) is 7.65. The normalized spacial score (nSPS) is 16.5. The zero-order valence-electron chi connectivity index (χ0n) is 14.5. The number of aliphatic carboxylic acids is 1. The van der Waals surface area contributed by atoms with Crippen LogP contribution in [0.1, 0.15) is 28.9 Å². The Bertz CT molecular complexity index is 799. The first kappa shape index (κ1) is 18.1. The number of hydrogen-bond acceptors (Lipinski definition) is 4. The van der Waals surface area contributed by atoms with Crippen molar-refractivity contribution in [3.8, 4) is 0 Å². The molecular formula is C18H21FN4O3. The Balaban J connectivity index is 1.57. The summed E-state index contributed by atoms with van der Waals surface area (Å²) in [5.74, 6) is -1.39. The van der Waals surface area contributed by atoms with E-state index in [0.717, 1.165) is 0 Å². The molecule has 1 aromatic heterocycles. The molecule has 7 nitrogen and oxygen atoms in total. The quantitative estimate of drug-likeness (QED) is 0.877. The largest absolute Gasteiger partial charge is 0.480 e. The van der Waals surface area contributed by atoms with Gasteiger partial charge in [-0.3, -0.25) is 14.4 Å². The van der Waals surface area contributed by atoms with Crippen LogP contribution < -0.4 is 0 Å².